The molecule has 6 heteroatoms. The van der Waals surface area contributed by atoms with Gasteiger partial charge in [0.1, 0.15) is 17.3 Å². The van der Waals surface area contributed by atoms with Crippen LogP contribution in [0.4, 0.5) is 5.69 Å². The molecule has 1 aromatic carbocycles. The molecule has 1 heterocycles. The number of carbonyl (C=O) groups is 1. The lowest BCUT2D eigenvalue weighted by molar-refractivity contribution is -0.115. The molecule has 0 aliphatic carbocycles. The minimum absolute atomic E-state index is 0.0516. The molecule has 3 N–H and O–H groups in total. The summed E-state index contributed by atoms with van der Waals surface area (Å²) in [6.45, 7) is 1.82. The van der Waals surface area contributed by atoms with Gasteiger partial charge in [0.2, 0.25) is 5.91 Å². The average molecular weight is 302 g/mol. The standard InChI is InChI=1S/C15H14N2O3S/c1-10-6-7-11(20-10)8-9-14(19)17-15(21)16-12-4-2-3-5-13(12)18/h2-9,18H,1H3,(H2,16,17,19,21). The summed E-state index contributed by atoms with van der Waals surface area (Å²) < 4.78 is 5.30. The van der Waals surface area contributed by atoms with Crippen molar-refractivity contribution >= 4 is 35.0 Å². The topological polar surface area (TPSA) is 74.5 Å². The Morgan fingerprint density at radius 1 is 1.29 bits per heavy atom. The van der Waals surface area contributed by atoms with Crippen LogP contribution in [0, 0.1) is 6.92 Å². The highest BCUT2D eigenvalue weighted by molar-refractivity contribution is 7.80. The van der Waals surface area contributed by atoms with Crippen LogP contribution < -0.4 is 10.6 Å². The molecule has 2 aromatic rings. The van der Waals surface area contributed by atoms with E-state index < -0.39 is 5.91 Å². The summed E-state index contributed by atoms with van der Waals surface area (Å²) in [5, 5.41) is 14.9. The maximum Gasteiger partial charge on any atom is 0.250 e. The Morgan fingerprint density at radius 3 is 2.71 bits per heavy atom. The van der Waals surface area contributed by atoms with Crippen molar-refractivity contribution in [2.45, 2.75) is 6.92 Å². The van der Waals surface area contributed by atoms with Gasteiger partial charge < -0.3 is 14.8 Å². The van der Waals surface area contributed by atoms with E-state index in [1.54, 1.807) is 30.3 Å². The minimum Gasteiger partial charge on any atom is -0.506 e. The predicted octanol–water partition coefficient (Wildman–Crippen LogP) is 2.82. The number of benzene rings is 1. The lowest BCUT2D eigenvalue weighted by Gasteiger charge is -2.09. The Balaban J connectivity index is 1.89. The van der Waals surface area contributed by atoms with Gasteiger partial charge in [-0.3, -0.25) is 10.1 Å². The highest BCUT2D eigenvalue weighted by Gasteiger charge is 2.04. The summed E-state index contributed by atoms with van der Waals surface area (Å²) >= 11 is 5.00. The average Bonchev–Trinajstić information content (AvgIpc) is 2.85. The van der Waals surface area contributed by atoms with E-state index in [9.17, 15) is 9.90 Å². The molecular formula is C15H14N2O3S. The summed E-state index contributed by atoms with van der Waals surface area (Å²) in [4.78, 5) is 11.7. The SMILES string of the molecule is Cc1ccc(C=CC(=O)NC(=S)Nc2ccccc2O)o1. The van der Waals surface area contributed by atoms with Gasteiger partial charge in [-0.05, 0) is 49.5 Å². The van der Waals surface area contributed by atoms with Crippen molar-refractivity contribution in [1.29, 1.82) is 0 Å². The third-order valence-electron chi connectivity index (χ3n) is 2.55. The summed E-state index contributed by atoms with van der Waals surface area (Å²) in [7, 11) is 0. The third-order valence-corrected chi connectivity index (χ3v) is 2.75. The normalized spacial score (nSPS) is 10.5. The number of thiocarbonyl (C=S) groups is 1. The Labute approximate surface area is 127 Å². The quantitative estimate of drug-likeness (QED) is 0.462. The van der Waals surface area contributed by atoms with Gasteiger partial charge >= 0.3 is 0 Å². The largest absolute Gasteiger partial charge is 0.506 e. The minimum atomic E-state index is -0.392. The molecule has 0 fully saturated rings. The fourth-order valence-corrected chi connectivity index (χ4v) is 1.80. The van der Waals surface area contributed by atoms with Crippen LogP contribution in [0.15, 0.2) is 46.9 Å². The van der Waals surface area contributed by atoms with Crippen molar-refractivity contribution in [2.24, 2.45) is 0 Å². The lowest BCUT2D eigenvalue weighted by atomic mass is 10.3. The zero-order valence-corrected chi connectivity index (χ0v) is 12.1. The molecule has 2 rings (SSSR count). The Bertz CT molecular complexity index is 692. The van der Waals surface area contributed by atoms with E-state index >= 15 is 0 Å². The molecule has 0 radical (unpaired) electrons. The van der Waals surface area contributed by atoms with Gasteiger partial charge in [-0.15, -0.1) is 0 Å². The van der Waals surface area contributed by atoms with Crippen LogP contribution in [0.25, 0.3) is 6.08 Å². The van der Waals surface area contributed by atoms with E-state index in [4.69, 9.17) is 16.6 Å². The lowest BCUT2D eigenvalue weighted by Crippen LogP contribution is -2.32. The van der Waals surface area contributed by atoms with Crippen molar-refractivity contribution in [2.75, 3.05) is 5.32 Å². The number of para-hydroxylation sites is 2. The Kier molecular flexibility index (Phi) is 4.73. The van der Waals surface area contributed by atoms with E-state index in [2.05, 4.69) is 10.6 Å². The van der Waals surface area contributed by atoms with Crippen LogP contribution in [0.5, 0.6) is 5.75 Å². The Hall–Kier alpha value is -2.60. The fraction of sp³-hybridized carbons (Fsp3) is 0.0667. The number of hydrogen-bond acceptors (Lipinski definition) is 4. The van der Waals surface area contributed by atoms with Gasteiger partial charge in [0.25, 0.3) is 0 Å². The van der Waals surface area contributed by atoms with E-state index in [0.29, 0.717) is 11.4 Å². The first-order chi connectivity index (χ1) is 10.0. The van der Waals surface area contributed by atoms with Crippen LogP contribution in [-0.4, -0.2) is 16.1 Å². The van der Waals surface area contributed by atoms with Crippen molar-refractivity contribution in [3.63, 3.8) is 0 Å². The maximum absolute atomic E-state index is 11.7. The highest BCUT2D eigenvalue weighted by Crippen LogP contribution is 2.21. The molecule has 21 heavy (non-hydrogen) atoms. The molecule has 0 aliphatic rings. The zero-order valence-electron chi connectivity index (χ0n) is 11.3. The van der Waals surface area contributed by atoms with Crippen LogP contribution in [0.3, 0.4) is 0 Å². The molecule has 108 valence electrons. The number of carbonyl (C=O) groups excluding carboxylic acids is 1. The number of rotatable bonds is 3. The molecule has 1 aromatic heterocycles. The van der Waals surface area contributed by atoms with Gasteiger partial charge in [0.05, 0.1) is 5.69 Å². The molecule has 0 atom stereocenters. The third kappa shape index (κ3) is 4.47. The van der Waals surface area contributed by atoms with Crippen LogP contribution in [0.1, 0.15) is 11.5 Å². The first-order valence-electron chi connectivity index (χ1n) is 6.19. The molecule has 0 unspecified atom stereocenters. The highest BCUT2D eigenvalue weighted by atomic mass is 32.1. The fourth-order valence-electron chi connectivity index (χ4n) is 1.59. The van der Waals surface area contributed by atoms with Crippen molar-refractivity contribution in [1.82, 2.24) is 5.32 Å². The van der Waals surface area contributed by atoms with Gasteiger partial charge in [0, 0.05) is 6.08 Å². The molecular weight excluding hydrogens is 288 g/mol. The van der Waals surface area contributed by atoms with Crippen molar-refractivity contribution < 1.29 is 14.3 Å². The van der Waals surface area contributed by atoms with Crippen LogP contribution in [0.2, 0.25) is 0 Å². The van der Waals surface area contributed by atoms with Gasteiger partial charge in [-0.25, -0.2) is 0 Å². The molecule has 0 saturated carbocycles. The molecule has 0 saturated heterocycles. The second-order valence-electron chi connectivity index (χ2n) is 4.24. The smallest absolute Gasteiger partial charge is 0.250 e. The van der Waals surface area contributed by atoms with E-state index in [-0.39, 0.29) is 10.9 Å². The molecule has 0 spiro atoms. The number of aromatic hydroxyl groups is 1. The number of furan rings is 1. The number of hydrogen-bond donors (Lipinski definition) is 3. The summed E-state index contributed by atoms with van der Waals surface area (Å²) in [6, 6.07) is 10.2. The van der Waals surface area contributed by atoms with Crippen LogP contribution in [-0.2, 0) is 4.79 Å². The second kappa shape index (κ2) is 6.71. The number of phenols is 1. The Morgan fingerprint density at radius 2 is 2.05 bits per heavy atom. The van der Waals surface area contributed by atoms with E-state index in [1.165, 1.54) is 12.1 Å². The van der Waals surface area contributed by atoms with Crippen molar-refractivity contribution in [3.8, 4) is 5.75 Å². The molecule has 1 amide bonds. The van der Waals surface area contributed by atoms with E-state index in [1.807, 2.05) is 13.0 Å². The monoisotopic (exact) mass is 302 g/mol. The van der Waals surface area contributed by atoms with Crippen LogP contribution >= 0.6 is 12.2 Å². The van der Waals surface area contributed by atoms with Gasteiger partial charge in [0.15, 0.2) is 5.11 Å². The van der Waals surface area contributed by atoms with Gasteiger partial charge in [-0.2, -0.15) is 0 Å². The summed E-state index contributed by atoms with van der Waals surface area (Å²) in [5.41, 5.74) is 0.424. The number of amides is 1. The molecule has 5 nitrogen and oxygen atoms in total. The second-order valence-corrected chi connectivity index (χ2v) is 4.65. The number of anilines is 1. The first kappa shape index (κ1) is 14.8. The maximum atomic E-state index is 11.7. The van der Waals surface area contributed by atoms with E-state index in [0.717, 1.165) is 5.76 Å². The number of nitrogens with one attached hydrogen (secondary N) is 2. The summed E-state index contributed by atoms with van der Waals surface area (Å²) in [5.74, 6) is 1.02. The predicted molar refractivity (Wildman–Crippen MR) is 84.9 cm³/mol. The first-order valence-corrected chi connectivity index (χ1v) is 6.60. The molecule has 0 bridgehead atoms. The zero-order chi connectivity index (χ0) is 15.2. The number of aryl methyl sites for hydroxylation is 1. The van der Waals surface area contributed by atoms with Crippen molar-refractivity contribution in [3.05, 3.63) is 54.0 Å². The van der Waals surface area contributed by atoms with Gasteiger partial charge in [-0.1, -0.05) is 12.1 Å². The molecule has 0 aliphatic heterocycles. The number of phenolic OH excluding ortho intramolecular Hbond substituents is 1. The summed E-state index contributed by atoms with van der Waals surface area (Å²) in [6.07, 6.45) is 2.86.